The highest BCUT2D eigenvalue weighted by Crippen LogP contribution is 2.34. The van der Waals surface area contributed by atoms with E-state index in [2.05, 4.69) is 5.32 Å². The lowest BCUT2D eigenvalue weighted by Crippen LogP contribution is -2.08. The van der Waals surface area contributed by atoms with Crippen LogP contribution in [0.3, 0.4) is 0 Å². The molecule has 0 saturated carbocycles. The molecule has 0 unspecified atom stereocenters. The van der Waals surface area contributed by atoms with Crippen LogP contribution in [0, 0.1) is 10.1 Å². The van der Waals surface area contributed by atoms with Gasteiger partial charge >= 0.3 is 0 Å². The minimum Gasteiger partial charge on any atom is -0.507 e. The molecule has 122 valence electrons. The van der Waals surface area contributed by atoms with Gasteiger partial charge in [-0.1, -0.05) is 0 Å². The topological polar surface area (TPSA) is 111 Å². The van der Waals surface area contributed by atoms with Gasteiger partial charge in [-0.15, -0.1) is 0 Å². The van der Waals surface area contributed by atoms with Crippen LogP contribution in [0.2, 0.25) is 0 Å². The van der Waals surface area contributed by atoms with Gasteiger partial charge in [0, 0.05) is 35.5 Å². The van der Waals surface area contributed by atoms with Crippen LogP contribution in [-0.2, 0) is 4.79 Å². The number of aliphatic hydroxyl groups excluding tert-OH is 1. The summed E-state index contributed by atoms with van der Waals surface area (Å²) in [4.78, 5) is 22.0. The molecule has 8 heteroatoms. The largest absolute Gasteiger partial charge is 0.507 e. The van der Waals surface area contributed by atoms with Gasteiger partial charge in [0.1, 0.15) is 5.76 Å². The summed E-state index contributed by atoms with van der Waals surface area (Å²) in [6.45, 7) is 0.133. The molecule has 8 nitrogen and oxygen atoms in total. The number of benzene rings is 2. The van der Waals surface area contributed by atoms with Crippen LogP contribution in [0.5, 0.6) is 11.5 Å². The Morgan fingerprint density at radius 1 is 1.17 bits per heavy atom. The number of anilines is 1. The van der Waals surface area contributed by atoms with Crippen molar-refractivity contribution >= 4 is 23.0 Å². The van der Waals surface area contributed by atoms with E-state index >= 15 is 0 Å². The van der Waals surface area contributed by atoms with Crippen molar-refractivity contribution in [1.29, 1.82) is 0 Å². The number of ether oxygens (including phenoxy) is 2. The molecule has 0 fully saturated rings. The number of carbonyl (C=O) groups is 1. The van der Waals surface area contributed by atoms with E-state index in [-0.39, 0.29) is 18.2 Å². The van der Waals surface area contributed by atoms with E-state index in [1.54, 1.807) is 18.2 Å². The lowest BCUT2D eigenvalue weighted by atomic mass is 10.1. The van der Waals surface area contributed by atoms with Gasteiger partial charge in [0.2, 0.25) is 6.79 Å². The lowest BCUT2D eigenvalue weighted by molar-refractivity contribution is -0.384. The van der Waals surface area contributed by atoms with Crippen molar-refractivity contribution in [2.24, 2.45) is 0 Å². The molecule has 0 saturated heterocycles. The predicted octanol–water partition coefficient (Wildman–Crippen LogP) is 2.86. The number of non-ortho nitro benzene ring substituents is 1. The molecule has 24 heavy (non-hydrogen) atoms. The fourth-order valence-corrected chi connectivity index (χ4v) is 2.11. The van der Waals surface area contributed by atoms with E-state index < -0.39 is 10.8 Å². The van der Waals surface area contributed by atoms with Crippen molar-refractivity contribution in [1.82, 2.24) is 0 Å². The highest BCUT2D eigenvalue weighted by atomic mass is 16.7. The second kappa shape index (κ2) is 6.29. The van der Waals surface area contributed by atoms with E-state index in [9.17, 15) is 20.0 Å². The van der Waals surface area contributed by atoms with Crippen molar-refractivity contribution in [3.05, 3.63) is 64.2 Å². The van der Waals surface area contributed by atoms with Crippen LogP contribution >= 0.6 is 0 Å². The first-order valence-corrected chi connectivity index (χ1v) is 6.89. The monoisotopic (exact) mass is 328 g/mol. The third-order valence-corrected chi connectivity index (χ3v) is 3.28. The molecule has 1 heterocycles. The van der Waals surface area contributed by atoms with Gasteiger partial charge in [-0.2, -0.15) is 0 Å². The molecule has 2 aromatic carbocycles. The van der Waals surface area contributed by atoms with Crippen molar-refractivity contribution < 1.29 is 24.3 Å². The number of fused-ring (bicyclic) bond motifs is 1. The maximum atomic E-state index is 11.9. The van der Waals surface area contributed by atoms with Crippen LogP contribution in [0.1, 0.15) is 5.56 Å². The Morgan fingerprint density at radius 3 is 2.58 bits per heavy atom. The minimum absolute atomic E-state index is 0.101. The number of carbonyl (C=O) groups excluding carboxylic acids is 1. The van der Waals surface area contributed by atoms with Crippen molar-refractivity contribution in [2.75, 3.05) is 12.1 Å². The Bertz CT molecular complexity index is 829. The zero-order chi connectivity index (χ0) is 17.1. The maximum Gasteiger partial charge on any atom is 0.269 e. The summed E-state index contributed by atoms with van der Waals surface area (Å²) in [5, 5.41) is 23.1. The van der Waals surface area contributed by atoms with E-state index in [0.717, 1.165) is 6.08 Å². The van der Waals surface area contributed by atoms with E-state index in [1.165, 1.54) is 24.3 Å². The summed E-state index contributed by atoms with van der Waals surface area (Å²) in [6, 6.07) is 10.1. The van der Waals surface area contributed by atoms with Gasteiger partial charge in [0.25, 0.3) is 11.6 Å². The number of rotatable bonds is 4. The Morgan fingerprint density at radius 2 is 1.88 bits per heavy atom. The normalized spacial score (nSPS) is 12.8. The highest BCUT2D eigenvalue weighted by molar-refractivity contribution is 6.03. The number of hydrogen-bond acceptors (Lipinski definition) is 6. The Kier molecular flexibility index (Phi) is 4.02. The number of nitrogens with zero attached hydrogens (tertiary/aromatic N) is 1. The third kappa shape index (κ3) is 3.27. The van der Waals surface area contributed by atoms with E-state index in [1.807, 2.05) is 0 Å². The van der Waals surface area contributed by atoms with Gasteiger partial charge < -0.3 is 19.9 Å². The second-order valence-electron chi connectivity index (χ2n) is 4.89. The first-order chi connectivity index (χ1) is 11.5. The Balaban J connectivity index is 1.70. The Labute approximate surface area is 136 Å². The molecule has 0 aromatic heterocycles. The summed E-state index contributed by atoms with van der Waals surface area (Å²) in [5.41, 5.74) is 0.676. The summed E-state index contributed by atoms with van der Waals surface area (Å²) in [6.07, 6.45) is 0.992. The molecule has 0 radical (unpaired) electrons. The van der Waals surface area contributed by atoms with Crippen molar-refractivity contribution in [3.63, 3.8) is 0 Å². The molecule has 1 aliphatic rings. The fourth-order valence-electron chi connectivity index (χ4n) is 2.11. The van der Waals surface area contributed by atoms with Gasteiger partial charge in [-0.25, -0.2) is 0 Å². The summed E-state index contributed by atoms with van der Waals surface area (Å²) in [5.74, 6) is 0.265. The number of amides is 1. The first-order valence-electron chi connectivity index (χ1n) is 6.89. The SMILES string of the molecule is O=C(C=C(O)c1ccc([N+](=O)[O-])cc1)Nc1ccc2c(c1)OCO2. The van der Waals surface area contributed by atoms with Crippen LogP contribution in [0.4, 0.5) is 11.4 Å². The molecule has 1 amide bonds. The standard InChI is InChI=1S/C16H12N2O6/c19-13(10-1-4-12(5-2-10)18(21)22)8-16(20)17-11-3-6-14-15(7-11)24-9-23-14/h1-8,19H,9H2,(H,17,20). The van der Waals surface area contributed by atoms with Crippen LogP contribution < -0.4 is 14.8 Å². The number of hydrogen-bond donors (Lipinski definition) is 2. The number of aliphatic hydroxyl groups is 1. The molecule has 0 atom stereocenters. The van der Waals surface area contributed by atoms with Crippen molar-refractivity contribution in [3.8, 4) is 11.5 Å². The average molecular weight is 328 g/mol. The molecule has 0 spiro atoms. The number of nitrogens with one attached hydrogen (secondary N) is 1. The molecule has 2 N–H and O–H groups in total. The summed E-state index contributed by atoms with van der Waals surface area (Å²) >= 11 is 0. The second-order valence-corrected chi connectivity index (χ2v) is 4.89. The lowest BCUT2D eigenvalue weighted by Gasteiger charge is -2.04. The summed E-state index contributed by atoms with van der Waals surface area (Å²) < 4.78 is 10.4. The van der Waals surface area contributed by atoms with Crippen molar-refractivity contribution in [2.45, 2.75) is 0 Å². The predicted molar refractivity (Wildman–Crippen MR) is 84.9 cm³/mol. The van der Waals surface area contributed by atoms with E-state index in [4.69, 9.17) is 9.47 Å². The third-order valence-electron chi connectivity index (χ3n) is 3.28. The van der Waals surface area contributed by atoms with Crippen LogP contribution in [0.25, 0.3) is 5.76 Å². The van der Waals surface area contributed by atoms with Gasteiger partial charge in [-0.3, -0.25) is 14.9 Å². The molecule has 2 aromatic rings. The first kappa shape index (κ1) is 15.3. The van der Waals surface area contributed by atoms with Gasteiger partial charge in [0.15, 0.2) is 11.5 Å². The quantitative estimate of drug-likeness (QED) is 0.386. The molecule has 0 aliphatic carbocycles. The smallest absolute Gasteiger partial charge is 0.269 e. The minimum atomic E-state index is -0.551. The fraction of sp³-hybridized carbons (Fsp3) is 0.0625. The van der Waals surface area contributed by atoms with Crippen LogP contribution in [0.15, 0.2) is 48.5 Å². The number of nitro groups is 1. The molecule has 0 bridgehead atoms. The molecular formula is C16H12N2O6. The highest BCUT2D eigenvalue weighted by Gasteiger charge is 2.14. The molecule has 3 rings (SSSR count). The van der Waals surface area contributed by atoms with Gasteiger partial charge in [0.05, 0.1) is 4.92 Å². The van der Waals surface area contributed by atoms with Gasteiger partial charge in [-0.05, 0) is 24.3 Å². The zero-order valence-electron chi connectivity index (χ0n) is 12.3. The molecular weight excluding hydrogens is 316 g/mol. The number of nitro benzene ring substituents is 1. The van der Waals surface area contributed by atoms with E-state index in [0.29, 0.717) is 22.7 Å². The summed E-state index contributed by atoms with van der Waals surface area (Å²) in [7, 11) is 0. The Hall–Kier alpha value is -3.55. The average Bonchev–Trinajstić information content (AvgIpc) is 3.02. The molecule has 1 aliphatic heterocycles. The zero-order valence-corrected chi connectivity index (χ0v) is 12.3. The van der Waals surface area contributed by atoms with Crippen LogP contribution in [-0.4, -0.2) is 22.7 Å². The maximum absolute atomic E-state index is 11.9.